The van der Waals surface area contributed by atoms with Gasteiger partial charge in [-0.3, -0.25) is 14.4 Å². The van der Waals surface area contributed by atoms with Crippen LogP contribution in [0.4, 0.5) is 4.79 Å². The SMILES string of the molecule is CCCCCC(=O)N(C)CCC(=O)OCN1C=C2C(=O)N(C3CCN(C(=O)OC(C)(C)C)CC3)CN2C1. The summed E-state index contributed by atoms with van der Waals surface area (Å²) in [6.07, 6.45) is 6.46. The number of fused-ring (bicyclic) bond motifs is 1. The first kappa shape index (κ1) is 28.6. The summed E-state index contributed by atoms with van der Waals surface area (Å²) < 4.78 is 10.8. The van der Waals surface area contributed by atoms with Gasteiger partial charge in [0, 0.05) is 45.3 Å². The first-order valence-electron chi connectivity index (χ1n) is 13.4. The summed E-state index contributed by atoms with van der Waals surface area (Å²) in [6.45, 7) is 10.1. The summed E-state index contributed by atoms with van der Waals surface area (Å²) in [5.41, 5.74) is 0.0718. The van der Waals surface area contributed by atoms with E-state index >= 15 is 0 Å². The van der Waals surface area contributed by atoms with Gasteiger partial charge in [-0.1, -0.05) is 19.8 Å². The van der Waals surface area contributed by atoms with Gasteiger partial charge >= 0.3 is 12.1 Å². The molecule has 0 radical (unpaired) electrons. The molecule has 3 amide bonds. The number of piperidine rings is 1. The highest BCUT2D eigenvalue weighted by Crippen LogP contribution is 2.30. The van der Waals surface area contributed by atoms with Crippen LogP contribution in [-0.4, -0.2) is 107 Å². The zero-order valence-electron chi connectivity index (χ0n) is 23.0. The van der Waals surface area contributed by atoms with E-state index in [1.807, 2.05) is 30.6 Å². The van der Waals surface area contributed by atoms with Crippen molar-refractivity contribution < 1.29 is 28.7 Å². The fourth-order valence-corrected chi connectivity index (χ4v) is 4.67. The highest BCUT2D eigenvalue weighted by atomic mass is 16.6. The second-order valence-corrected chi connectivity index (χ2v) is 11.1. The summed E-state index contributed by atoms with van der Waals surface area (Å²) in [4.78, 5) is 58.5. The summed E-state index contributed by atoms with van der Waals surface area (Å²) in [6, 6.07) is 0.0747. The second kappa shape index (κ2) is 12.5. The highest BCUT2D eigenvalue weighted by molar-refractivity contribution is 5.95. The number of unbranched alkanes of at least 4 members (excludes halogenated alkanes) is 2. The lowest BCUT2D eigenvalue weighted by Crippen LogP contribution is -2.49. The van der Waals surface area contributed by atoms with Crippen molar-refractivity contribution in [2.75, 3.05) is 46.8 Å². The molecule has 0 aliphatic carbocycles. The van der Waals surface area contributed by atoms with Crippen molar-refractivity contribution in [2.45, 2.75) is 84.3 Å². The average molecular weight is 522 g/mol. The molecule has 0 saturated carbocycles. The Balaban J connectivity index is 1.38. The van der Waals surface area contributed by atoms with Crippen LogP contribution in [0.3, 0.4) is 0 Å². The molecular formula is C26H43N5O6. The van der Waals surface area contributed by atoms with E-state index in [0.29, 0.717) is 57.9 Å². The monoisotopic (exact) mass is 521 g/mol. The van der Waals surface area contributed by atoms with Crippen LogP contribution in [-0.2, 0) is 23.9 Å². The lowest BCUT2D eigenvalue weighted by molar-refractivity contribution is -0.148. The Hall–Kier alpha value is -2.98. The van der Waals surface area contributed by atoms with Gasteiger partial charge in [0.2, 0.25) is 5.91 Å². The molecule has 2 fully saturated rings. The third-order valence-corrected chi connectivity index (χ3v) is 6.82. The molecule has 0 aromatic heterocycles. The molecule has 2 saturated heterocycles. The summed E-state index contributed by atoms with van der Waals surface area (Å²) >= 11 is 0. The number of hydrogen-bond acceptors (Lipinski definition) is 8. The molecule has 0 atom stereocenters. The predicted molar refractivity (Wildman–Crippen MR) is 137 cm³/mol. The number of esters is 1. The number of carbonyl (C=O) groups is 4. The van der Waals surface area contributed by atoms with Crippen molar-refractivity contribution in [3.05, 3.63) is 11.9 Å². The maximum absolute atomic E-state index is 13.0. The number of amides is 3. The minimum Gasteiger partial charge on any atom is -0.444 e. The molecule has 3 aliphatic heterocycles. The smallest absolute Gasteiger partial charge is 0.410 e. The van der Waals surface area contributed by atoms with Gasteiger partial charge in [-0.25, -0.2) is 4.79 Å². The van der Waals surface area contributed by atoms with E-state index in [1.165, 1.54) is 0 Å². The maximum atomic E-state index is 13.0. The number of rotatable bonds is 10. The van der Waals surface area contributed by atoms with Crippen LogP contribution in [0.5, 0.6) is 0 Å². The van der Waals surface area contributed by atoms with E-state index < -0.39 is 5.60 Å². The van der Waals surface area contributed by atoms with Gasteiger partial charge in [0.25, 0.3) is 5.91 Å². The Morgan fingerprint density at radius 1 is 1.08 bits per heavy atom. The van der Waals surface area contributed by atoms with Gasteiger partial charge < -0.3 is 34.0 Å². The fraction of sp³-hybridized carbons (Fsp3) is 0.769. The van der Waals surface area contributed by atoms with Gasteiger partial charge in [-0.05, 0) is 40.0 Å². The molecule has 3 rings (SSSR count). The van der Waals surface area contributed by atoms with E-state index in [9.17, 15) is 19.2 Å². The van der Waals surface area contributed by atoms with E-state index in [2.05, 4.69) is 6.92 Å². The van der Waals surface area contributed by atoms with Crippen LogP contribution in [0, 0.1) is 0 Å². The van der Waals surface area contributed by atoms with Crippen LogP contribution in [0.25, 0.3) is 0 Å². The quantitative estimate of drug-likeness (QED) is 0.319. The molecule has 11 nitrogen and oxygen atoms in total. The number of nitrogens with zero attached hydrogens (tertiary/aromatic N) is 5. The first-order chi connectivity index (χ1) is 17.5. The Labute approximate surface area is 220 Å². The zero-order valence-corrected chi connectivity index (χ0v) is 23.0. The number of likely N-dealkylation sites (tertiary alicyclic amines) is 1. The van der Waals surface area contributed by atoms with Crippen molar-refractivity contribution in [2.24, 2.45) is 0 Å². The molecule has 0 spiro atoms. The summed E-state index contributed by atoms with van der Waals surface area (Å²) in [7, 11) is 1.71. The van der Waals surface area contributed by atoms with E-state index in [-0.39, 0.29) is 43.1 Å². The minimum atomic E-state index is -0.528. The largest absolute Gasteiger partial charge is 0.444 e. The second-order valence-electron chi connectivity index (χ2n) is 11.1. The predicted octanol–water partition coefficient (Wildman–Crippen LogP) is 2.53. The fourth-order valence-electron chi connectivity index (χ4n) is 4.67. The Morgan fingerprint density at radius 3 is 2.41 bits per heavy atom. The van der Waals surface area contributed by atoms with E-state index in [0.717, 1.165) is 19.3 Å². The van der Waals surface area contributed by atoms with Crippen molar-refractivity contribution in [3.8, 4) is 0 Å². The zero-order chi connectivity index (χ0) is 27.2. The van der Waals surface area contributed by atoms with Crippen LogP contribution in [0.2, 0.25) is 0 Å². The molecule has 208 valence electrons. The first-order valence-corrected chi connectivity index (χ1v) is 13.4. The van der Waals surface area contributed by atoms with Crippen LogP contribution >= 0.6 is 0 Å². The molecule has 0 unspecified atom stereocenters. The molecule has 37 heavy (non-hydrogen) atoms. The topological polar surface area (TPSA) is 103 Å². The molecule has 0 N–H and O–H groups in total. The van der Waals surface area contributed by atoms with Gasteiger partial charge in [0.05, 0.1) is 19.8 Å². The van der Waals surface area contributed by atoms with Crippen molar-refractivity contribution in [1.29, 1.82) is 0 Å². The van der Waals surface area contributed by atoms with Gasteiger partial charge in [-0.15, -0.1) is 0 Å². The molecule has 11 heteroatoms. The summed E-state index contributed by atoms with van der Waals surface area (Å²) in [5.74, 6) is -0.360. The lowest BCUT2D eigenvalue weighted by atomic mass is 10.0. The molecule has 0 bridgehead atoms. The summed E-state index contributed by atoms with van der Waals surface area (Å²) in [5, 5.41) is 0. The number of ether oxygens (including phenoxy) is 2. The molecule has 0 aromatic carbocycles. The van der Waals surface area contributed by atoms with Crippen molar-refractivity contribution in [1.82, 2.24) is 24.5 Å². The average Bonchev–Trinajstić information content (AvgIpc) is 3.38. The highest BCUT2D eigenvalue weighted by Gasteiger charge is 2.42. The van der Waals surface area contributed by atoms with E-state index in [1.54, 1.807) is 27.9 Å². The Bertz CT molecular complexity index is 877. The van der Waals surface area contributed by atoms with E-state index in [4.69, 9.17) is 9.47 Å². The number of carbonyl (C=O) groups excluding carboxylic acids is 4. The van der Waals surface area contributed by atoms with Crippen molar-refractivity contribution >= 4 is 23.9 Å². The van der Waals surface area contributed by atoms with Gasteiger partial charge in [0.1, 0.15) is 11.3 Å². The molecular weight excluding hydrogens is 478 g/mol. The van der Waals surface area contributed by atoms with Gasteiger partial charge in [0.15, 0.2) is 6.73 Å². The van der Waals surface area contributed by atoms with Gasteiger partial charge in [-0.2, -0.15) is 0 Å². The third-order valence-electron chi connectivity index (χ3n) is 6.82. The maximum Gasteiger partial charge on any atom is 0.410 e. The normalized spacial score (nSPS) is 18.2. The lowest BCUT2D eigenvalue weighted by Gasteiger charge is -2.37. The van der Waals surface area contributed by atoms with Crippen LogP contribution in [0.15, 0.2) is 11.9 Å². The van der Waals surface area contributed by atoms with Crippen molar-refractivity contribution in [3.63, 3.8) is 0 Å². The number of hydrogen-bond donors (Lipinski definition) is 0. The van der Waals surface area contributed by atoms with Crippen LogP contribution < -0.4 is 0 Å². The Morgan fingerprint density at radius 2 is 1.78 bits per heavy atom. The van der Waals surface area contributed by atoms with Crippen LogP contribution in [0.1, 0.15) is 72.6 Å². The standard InChI is InChI=1S/C26H43N5O6/c1-6-7-8-9-22(32)27(5)13-12-23(33)36-19-28-16-21-24(34)31(18-30(21)17-28)20-10-14-29(15-11-20)25(35)37-26(2,3)4/h16,20H,6-15,17-19H2,1-5H3. The Kier molecular flexibility index (Phi) is 9.67. The molecule has 3 aliphatic rings. The third kappa shape index (κ3) is 8.00. The molecule has 0 aromatic rings. The molecule has 3 heterocycles. The minimum absolute atomic E-state index is 0.0345.